The van der Waals surface area contributed by atoms with E-state index in [1.165, 1.54) is 6.08 Å². The Labute approximate surface area is 126 Å². The molecule has 7 atom stereocenters. The molecule has 0 radical (unpaired) electrons. The number of hydrogen-bond donors (Lipinski definition) is 4. The SMILES string of the molecule is O=C1C=C2C=C[C@H](OC3OC(CO)C(O)C(O)C3O)CC2O1. The van der Waals surface area contributed by atoms with Crippen molar-refractivity contribution in [2.24, 2.45) is 0 Å². The number of aliphatic hydroxyl groups is 4. The fourth-order valence-electron chi connectivity index (χ4n) is 2.77. The second-order valence-corrected chi connectivity index (χ2v) is 5.54. The number of carbonyl (C=O) groups excluding carboxylic acids is 1. The van der Waals surface area contributed by atoms with E-state index in [1.807, 2.05) is 0 Å². The molecule has 1 fully saturated rings. The van der Waals surface area contributed by atoms with Crippen molar-refractivity contribution in [2.75, 3.05) is 6.61 Å². The van der Waals surface area contributed by atoms with Crippen LogP contribution in [-0.2, 0) is 19.0 Å². The Kier molecular flexibility index (Phi) is 4.31. The summed E-state index contributed by atoms with van der Waals surface area (Å²) in [4.78, 5) is 11.2. The van der Waals surface area contributed by atoms with Crippen molar-refractivity contribution in [3.05, 3.63) is 23.8 Å². The van der Waals surface area contributed by atoms with Gasteiger partial charge in [-0.15, -0.1) is 0 Å². The summed E-state index contributed by atoms with van der Waals surface area (Å²) < 4.78 is 16.0. The first-order valence-corrected chi connectivity index (χ1v) is 7.06. The lowest BCUT2D eigenvalue weighted by atomic mass is 9.96. The molecule has 8 heteroatoms. The Morgan fingerprint density at radius 2 is 2.00 bits per heavy atom. The molecule has 0 saturated carbocycles. The maximum Gasteiger partial charge on any atom is 0.331 e. The van der Waals surface area contributed by atoms with Gasteiger partial charge in [0.05, 0.1) is 12.7 Å². The van der Waals surface area contributed by atoms with Crippen LogP contribution in [0.1, 0.15) is 6.42 Å². The largest absolute Gasteiger partial charge is 0.454 e. The van der Waals surface area contributed by atoms with Gasteiger partial charge in [-0.2, -0.15) is 0 Å². The van der Waals surface area contributed by atoms with Crippen LogP contribution in [0, 0.1) is 0 Å². The van der Waals surface area contributed by atoms with Crippen molar-refractivity contribution < 1.29 is 39.4 Å². The zero-order valence-corrected chi connectivity index (χ0v) is 11.6. The van der Waals surface area contributed by atoms with Crippen LogP contribution >= 0.6 is 0 Å². The van der Waals surface area contributed by atoms with Gasteiger partial charge in [0.1, 0.15) is 30.5 Å². The Hall–Kier alpha value is -1.29. The Morgan fingerprint density at radius 3 is 2.73 bits per heavy atom. The van der Waals surface area contributed by atoms with Crippen LogP contribution in [0.4, 0.5) is 0 Å². The van der Waals surface area contributed by atoms with Gasteiger partial charge < -0.3 is 34.6 Å². The standard InChI is InChI=1S/C14H18O8/c15-5-9-11(17)12(18)13(19)14(22-9)20-7-2-1-6-3-10(16)21-8(6)4-7/h1-3,7-9,11-15,17-19H,4-5H2/t7-,8?,9?,11?,12?,13?,14?/m0/s1. The van der Waals surface area contributed by atoms with Crippen LogP contribution in [-0.4, -0.2) is 75.9 Å². The van der Waals surface area contributed by atoms with E-state index in [9.17, 15) is 20.1 Å². The van der Waals surface area contributed by atoms with Crippen LogP contribution in [0.15, 0.2) is 23.8 Å². The maximum atomic E-state index is 11.2. The first-order chi connectivity index (χ1) is 10.5. The zero-order chi connectivity index (χ0) is 15.9. The maximum absolute atomic E-state index is 11.2. The quantitative estimate of drug-likeness (QED) is 0.440. The molecule has 2 aliphatic heterocycles. The fraction of sp³-hybridized carbons (Fsp3) is 0.643. The predicted molar refractivity (Wildman–Crippen MR) is 70.4 cm³/mol. The molecular formula is C14H18O8. The van der Waals surface area contributed by atoms with Crippen molar-refractivity contribution in [1.29, 1.82) is 0 Å². The molecule has 8 nitrogen and oxygen atoms in total. The van der Waals surface area contributed by atoms with Gasteiger partial charge >= 0.3 is 5.97 Å². The average Bonchev–Trinajstić information content (AvgIpc) is 2.87. The molecule has 2 heterocycles. The molecule has 0 aromatic carbocycles. The van der Waals surface area contributed by atoms with Crippen molar-refractivity contribution in [2.45, 2.75) is 49.3 Å². The smallest absolute Gasteiger partial charge is 0.331 e. The lowest BCUT2D eigenvalue weighted by molar-refractivity contribution is -0.308. The second kappa shape index (κ2) is 6.07. The van der Waals surface area contributed by atoms with E-state index in [-0.39, 0.29) is 0 Å². The topological polar surface area (TPSA) is 126 Å². The highest BCUT2D eigenvalue weighted by atomic mass is 16.7. The Balaban J connectivity index is 1.65. The first-order valence-electron chi connectivity index (χ1n) is 7.06. The van der Waals surface area contributed by atoms with Gasteiger partial charge in [-0.3, -0.25) is 0 Å². The van der Waals surface area contributed by atoms with Gasteiger partial charge in [-0.1, -0.05) is 12.2 Å². The molecule has 0 amide bonds. The molecule has 1 saturated heterocycles. The third-order valence-electron chi connectivity index (χ3n) is 4.02. The molecule has 22 heavy (non-hydrogen) atoms. The van der Waals surface area contributed by atoms with E-state index in [1.54, 1.807) is 12.2 Å². The minimum absolute atomic E-state index is 0.364. The summed E-state index contributed by atoms with van der Waals surface area (Å²) in [6.07, 6.45) is -2.29. The molecular weight excluding hydrogens is 296 g/mol. The van der Waals surface area contributed by atoms with Gasteiger partial charge in [0.15, 0.2) is 6.29 Å². The van der Waals surface area contributed by atoms with Crippen LogP contribution in [0.3, 0.4) is 0 Å². The lowest BCUT2D eigenvalue weighted by Gasteiger charge is -2.41. The minimum Gasteiger partial charge on any atom is -0.454 e. The van der Waals surface area contributed by atoms with E-state index in [2.05, 4.69) is 0 Å². The van der Waals surface area contributed by atoms with Crippen LogP contribution in [0.2, 0.25) is 0 Å². The highest BCUT2D eigenvalue weighted by Gasteiger charge is 2.45. The minimum atomic E-state index is -1.48. The van der Waals surface area contributed by atoms with Crippen LogP contribution in [0.25, 0.3) is 0 Å². The number of fused-ring (bicyclic) bond motifs is 1. The molecule has 0 bridgehead atoms. The summed E-state index contributed by atoms with van der Waals surface area (Å²) in [7, 11) is 0. The van der Waals surface area contributed by atoms with E-state index < -0.39 is 55.5 Å². The van der Waals surface area contributed by atoms with Crippen LogP contribution < -0.4 is 0 Å². The van der Waals surface area contributed by atoms with Crippen molar-refractivity contribution in [3.63, 3.8) is 0 Å². The fourth-order valence-corrected chi connectivity index (χ4v) is 2.77. The van der Waals surface area contributed by atoms with Gasteiger partial charge in [-0.25, -0.2) is 4.79 Å². The third-order valence-corrected chi connectivity index (χ3v) is 4.02. The van der Waals surface area contributed by atoms with Gasteiger partial charge in [0, 0.05) is 12.5 Å². The summed E-state index contributed by atoms with van der Waals surface area (Å²) in [5, 5.41) is 38.5. The molecule has 3 aliphatic rings. The highest BCUT2D eigenvalue weighted by molar-refractivity contribution is 5.86. The number of esters is 1. The third kappa shape index (κ3) is 2.81. The highest BCUT2D eigenvalue weighted by Crippen LogP contribution is 2.30. The van der Waals surface area contributed by atoms with Crippen molar-refractivity contribution in [1.82, 2.24) is 0 Å². The van der Waals surface area contributed by atoms with E-state index >= 15 is 0 Å². The molecule has 3 rings (SSSR count). The molecule has 4 N–H and O–H groups in total. The molecule has 1 aliphatic carbocycles. The summed E-state index contributed by atoms with van der Waals surface area (Å²) in [5.41, 5.74) is 0.763. The predicted octanol–water partition coefficient (Wildman–Crippen LogP) is -2.02. The van der Waals surface area contributed by atoms with Gasteiger partial charge in [0.25, 0.3) is 0 Å². The van der Waals surface area contributed by atoms with E-state index in [4.69, 9.17) is 19.3 Å². The van der Waals surface area contributed by atoms with Gasteiger partial charge in [0.2, 0.25) is 0 Å². The summed E-state index contributed by atoms with van der Waals surface area (Å²) in [6, 6.07) is 0. The molecule has 6 unspecified atom stereocenters. The molecule has 122 valence electrons. The van der Waals surface area contributed by atoms with Crippen molar-refractivity contribution >= 4 is 5.97 Å². The monoisotopic (exact) mass is 314 g/mol. The number of ether oxygens (including phenoxy) is 3. The summed E-state index contributed by atoms with van der Waals surface area (Å²) in [5.74, 6) is -0.404. The molecule has 0 aromatic heterocycles. The second-order valence-electron chi connectivity index (χ2n) is 5.54. The normalized spacial score (nSPS) is 44.5. The Morgan fingerprint density at radius 1 is 1.23 bits per heavy atom. The first kappa shape index (κ1) is 15.6. The zero-order valence-electron chi connectivity index (χ0n) is 11.6. The molecule has 0 aromatic rings. The number of hydrogen-bond acceptors (Lipinski definition) is 8. The number of rotatable bonds is 3. The van der Waals surface area contributed by atoms with Gasteiger partial charge in [-0.05, 0) is 5.57 Å². The van der Waals surface area contributed by atoms with E-state index in [0.717, 1.165) is 5.57 Å². The number of carbonyl (C=O) groups is 1. The van der Waals surface area contributed by atoms with E-state index in [0.29, 0.717) is 6.42 Å². The summed E-state index contributed by atoms with van der Waals surface area (Å²) in [6.45, 7) is -0.515. The lowest BCUT2D eigenvalue weighted by Crippen LogP contribution is -2.59. The van der Waals surface area contributed by atoms with Crippen molar-refractivity contribution in [3.8, 4) is 0 Å². The number of aliphatic hydroxyl groups excluding tert-OH is 4. The summed E-state index contributed by atoms with van der Waals surface area (Å²) >= 11 is 0. The molecule has 0 spiro atoms. The average molecular weight is 314 g/mol. The Bertz CT molecular complexity index is 499. The van der Waals surface area contributed by atoms with Crippen LogP contribution in [0.5, 0.6) is 0 Å².